The number of amides is 3. The van der Waals surface area contributed by atoms with E-state index in [9.17, 15) is 14.4 Å². The topological polar surface area (TPSA) is 117 Å². The number of nitrogens with zero attached hydrogens (tertiary/aromatic N) is 3. The first-order chi connectivity index (χ1) is 16.0. The maximum atomic E-state index is 12.6. The fourth-order valence-corrected chi connectivity index (χ4v) is 4.78. The molecule has 1 aliphatic carbocycles. The van der Waals surface area contributed by atoms with Crippen molar-refractivity contribution >= 4 is 29.1 Å². The summed E-state index contributed by atoms with van der Waals surface area (Å²) in [5.41, 5.74) is 0.735. The number of rotatable bonds is 7. The minimum absolute atomic E-state index is 0.0710. The molecular weight excluding hydrogens is 422 g/mol. The average molecular weight is 454 g/mol. The smallest absolute Gasteiger partial charge is 0.227 e. The number of aromatic nitrogens is 2. The summed E-state index contributed by atoms with van der Waals surface area (Å²) < 4.78 is 5.44. The van der Waals surface area contributed by atoms with Gasteiger partial charge in [-0.05, 0) is 31.4 Å². The third-order valence-electron chi connectivity index (χ3n) is 6.38. The lowest BCUT2D eigenvalue weighted by Gasteiger charge is -2.30. The highest BCUT2D eigenvalue weighted by molar-refractivity contribution is 6.02. The molecule has 0 unspecified atom stereocenters. The standard InChI is InChI=1S/C24H31N5O4/c1-17(30)27-24(14-6-2-3-7-15-24)23-26-21(33-28-23)13-12-20(31)25-18-9-4-5-10-19(18)29-16-8-11-22(29)32/h4-5,9-10H,2-3,6-8,11-16H2,1H3,(H,25,31)(H,27,30). The molecule has 1 aromatic carbocycles. The number of nitrogens with one attached hydrogen (secondary N) is 2. The van der Waals surface area contributed by atoms with E-state index in [1.54, 1.807) is 11.0 Å². The van der Waals surface area contributed by atoms with Crippen LogP contribution >= 0.6 is 0 Å². The second-order valence-corrected chi connectivity index (χ2v) is 8.90. The van der Waals surface area contributed by atoms with Crippen LogP contribution in [0.2, 0.25) is 0 Å². The molecule has 176 valence electrons. The van der Waals surface area contributed by atoms with Gasteiger partial charge in [-0.3, -0.25) is 14.4 Å². The van der Waals surface area contributed by atoms with Gasteiger partial charge in [0.2, 0.25) is 23.6 Å². The summed E-state index contributed by atoms with van der Waals surface area (Å²) in [7, 11) is 0. The predicted molar refractivity (Wildman–Crippen MR) is 122 cm³/mol. The summed E-state index contributed by atoms with van der Waals surface area (Å²) in [6.45, 7) is 2.16. The highest BCUT2D eigenvalue weighted by Crippen LogP contribution is 2.35. The third-order valence-corrected chi connectivity index (χ3v) is 6.38. The second kappa shape index (κ2) is 10.1. The number of aryl methyl sites for hydroxylation is 1. The van der Waals surface area contributed by atoms with Gasteiger partial charge in [0.25, 0.3) is 0 Å². The van der Waals surface area contributed by atoms with Crippen molar-refractivity contribution in [2.45, 2.75) is 76.7 Å². The first-order valence-electron chi connectivity index (χ1n) is 11.8. The molecule has 9 heteroatoms. The van der Waals surface area contributed by atoms with Crippen LogP contribution in [0.3, 0.4) is 0 Å². The van der Waals surface area contributed by atoms with Crippen LogP contribution in [0, 0.1) is 0 Å². The van der Waals surface area contributed by atoms with E-state index < -0.39 is 5.54 Å². The molecule has 1 saturated carbocycles. The van der Waals surface area contributed by atoms with Crippen LogP contribution in [-0.2, 0) is 26.3 Å². The number of hydrogen-bond acceptors (Lipinski definition) is 6. The summed E-state index contributed by atoms with van der Waals surface area (Å²) in [6, 6.07) is 7.33. The monoisotopic (exact) mass is 453 g/mol. The molecule has 0 atom stereocenters. The van der Waals surface area contributed by atoms with Crippen molar-refractivity contribution in [1.82, 2.24) is 15.5 Å². The predicted octanol–water partition coefficient (Wildman–Crippen LogP) is 3.45. The van der Waals surface area contributed by atoms with Gasteiger partial charge in [-0.15, -0.1) is 0 Å². The Balaban J connectivity index is 1.40. The molecule has 0 bridgehead atoms. The molecule has 2 aliphatic rings. The molecule has 3 amide bonds. The molecule has 2 aromatic rings. The van der Waals surface area contributed by atoms with Crippen LogP contribution < -0.4 is 15.5 Å². The molecule has 4 rings (SSSR count). The lowest BCUT2D eigenvalue weighted by atomic mass is 9.89. The molecular formula is C24H31N5O4. The fourth-order valence-electron chi connectivity index (χ4n) is 4.78. The SMILES string of the molecule is CC(=O)NC1(c2noc(CCC(=O)Nc3ccccc3N3CCCC3=O)n2)CCCCCC1. The van der Waals surface area contributed by atoms with Gasteiger partial charge in [0.05, 0.1) is 11.4 Å². The van der Waals surface area contributed by atoms with Gasteiger partial charge in [0, 0.05) is 32.7 Å². The Labute approximate surface area is 193 Å². The summed E-state index contributed by atoms with van der Waals surface area (Å²) in [4.78, 5) is 42.9. The maximum absolute atomic E-state index is 12.6. The Bertz CT molecular complexity index is 1010. The third kappa shape index (κ3) is 5.40. The molecule has 0 radical (unpaired) electrons. The van der Waals surface area contributed by atoms with Gasteiger partial charge < -0.3 is 20.1 Å². The number of anilines is 2. The van der Waals surface area contributed by atoms with Crippen molar-refractivity contribution < 1.29 is 18.9 Å². The Morgan fingerprint density at radius 2 is 1.88 bits per heavy atom. The van der Waals surface area contributed by atoms with E-state index in [4.69, 9.17) is 4.52 Å². The van der Waals surface area contributed by atoms with Gasteiger partial charge in [-0.25, -0.2) is 0 Å². The van der Waals surface area contributed by atoms with Crippen molar-refractivity contribution in [3.8, 4) is 0 Å². The molecule has 1 aliphatic heterocycles. The molecule has 2 N–H and O–H groups in total. The van der Waals surface area contributed by atoms with Crippen LogP contribution in [0.25, 0.3) is 0 Å². The number of para-hydroxylation sites is 2. The number of carbonyl (C=O) groups excluding carboxylic acids is 3. The lowest BCUT2D eigenvalue weighted by Crippen LogP contribution is -2.45. The van der Waals surface area contributed by atoms with E-state index in [0.717, 1.165) is 50.6 Å². The average Bonchev–Trinajstić information content (AvgIpc) is 3.37. The zero-order valence-electron chi connectivity index (χ0n) is 19.1. The van der Waals surface area contributed by atoms with Crippen molar-refractivity contribution in [2.24, 2.45) is 0 Å². The van der Waals surface area contributed by atoms with Crippen LogP contribution in [0.1, 0.15) is 76.4 Å². The molecule has 1 saturated heterocycles. The fraction of sp³-hybridized carbons (Fsp3) is 0.542. The number of carbonyl (C=O) groups is 3. The van der Waals surface area contributed by atoms with Gasteiger partial charge in [-0.2, -0.15) is 4.98 Å². The first-order valence-corrected chi connectivity index (χ1v) is 11.8. The quantitative estimate of drug-likeness (QED) is 0.620. The highest BCUT2D eigenvalue weighted by Gasteiger charge is 2.38. The zero-order valence-corrected chi connectivity index (χ0v) is 19.1. The van der Waals surface area contributed by atoms with Crippen molar-refractivity contribution in [2.75, 3.05) is 16.8 Å². The molecule has 2 heterocycles. The van der Waals surface area contributed by atoms with Crippen molar-refractivity contribution in [3.05, 3.63) is 36.0 Å². The van der Waals surface area contributed by atoms with E-state index in [2.05, 4.69) is 20.8 Å². The van der Waals surface area contributed by atoms with E-state index in [0.29, 0.717) is 36.8 Å². The summed E-state index contributed by atoms with van der Waals surface area (Å²) in [5.74, 6) is 0.629. The Hall–Kier alpha value is -3.23. The maximum Gasteiger partial charge on any atom is 0.227 e. The zero-order chi connectivity index (χ0) is 23.3. The molecule has 1 aromatic heterocycles. The molecule has 0 spiro atoms. The minimum atomic E-state index is -0.604. The van der Waals surface area contributed by atoms with Gasteiger partial charge in [0.1, 0.15) is 5.54 Å². The largest absolute Gasteiger partial charge is 0.343 e. The number of hydrogen-bond donors (Lipinski definition) is 2. The molecule has 33 heavy (non-hydrogen) atoms. The van der Waals surface area contributed by atoms with E-state index in [1.807, 2.05) is 18.2 Å². The summed E-state index contributed by atoms with van der Waals surface area (Å²) >= 11 is 0. The van der Waals surface area contributed by atoms with E-state index in [1.165, 1.54) is 6.92 Å². The van der Waals surface area contributed by atoms with Crippen LogP contribution in [0.15, 0.2) is 28.8 Å². The van der Waals surface area contributed by atoms with Crippen molar-refractivity contribution in [3.63, 3.8) is 0 Å². The van der Waals surface area contributed by atoms with E-state index >= 15 is 0 Å². The number of benzene rings is 1. The van der Waals surface area contributed by atoms with Crippen molar-refractivity contribution in [1.29, 1.82) is 0 Å². The normalized spacial score (nSPS) is 18.1. The first kappa shape index (κ1) is 22.9. The van der Waals surface area contributed by atoms with Gasteiger partial charge in [-0.1, -0.05) is 43.0 Å². The lowest BCUT2D eigenvalue weighted by molar-refractivity contribution is -0.121. The van der Waals surface area contributed by atoms with Gasteiger partial charge in [0.15, 0.2) is 5.82 Å². The Kier molecular flexibility index (Phi) is 7.05. The molecule has 9 nitrogen and oxygen atoms in total. The Morgan fingerprint density at radius 1 is 1.12 bits per heavy atom. The van der Waals surface area contributed by atoms with Crippen LogP contribution in [0.5, 0.6) is 0 Å². The summed E-state index contributed by atoms with van der Waals surface area (Å²) in [5, 5.41) is 10.1. The second-order valence-electron chi connectivity index (χ2n) is 8.90. The summed E-state index contributed by atoms with van der Waals surface area (Å²) in [6.07, 6.45) is 7.58. The Morgan fingerprint density at radius 3 is 2.58 bits per heavy atom. The van der Waals surface area contributed by atoms with Crippen LogP contribution in [0.4, 0.5) is 11.4 Å². The van der Waals surface area contributed by atoms with Gasteiger partial charge >= 0.3 is 0 Å². The minimum Gasteiger partial charge on any atom is -0.343 e. The molecule has 2 fully saturated rings. The van der Waals surface area contributed by atoms with Crippen LogP contribution in [-0.4, -0.2) is 34.4 Å². The van der Waals surface area contributed by atoms with E-state index in [-0.39, 0.29) is 24.1 Å². The highest BCUT2D eigenvalue weighted by atomic mass is 16.5.